The van der Waals surface area contributed by atoms with Crippen molar-refractivity contribution in [3.8, 4) is 0 Å². The van der Waals surface area contributed by atoms with Crippen LogP contribution in [0.25, 0.3) is 0 Å². The van der Waals surface area contributed by atoms with E-state index in [2.05, 4.69) is 0 Å². The van der Waals surface area contributed by atoms with Gasteiger partial charge in [0.05, 0.1) is 0 Å². The van der Waals surface area contributed by atoms with Gasteiger partial charge in [-0.3, -0.25) is 0 Å². The summed E-state index contributed by atoms with van der Waals surface area (Å²) in [5, 5.41) is 0. The van der Waals surface area contributed by atoms with Crippen molar-refractivity contribution in [3.63, 3.8) is 0 Å². The van der Waals surface area contributed by atoms with Gasteiger partial charge in [-0.2, -0.15) is 0 Å². The molecule has 1 rings (SSSR count). The number of halogens is 6. The molecule has 0 nitrogen and oxygen atoms in total. The first kappa shape index (κ1) is 12.3. The van der Waals surface area contributed by atoms with Gasteiger partial charge in [0.15, 0.2) is 0 Å². The second-order valence-electron chi connectivity index (χ2n) is 1.80. The van der Waals surface area contributed by atoms with Gasteiger partial charge in [0.1, 0.15) is 0 Å². The average molecular weight is 256 g/mol. The topological polar surface area (TPSA) is 0 Å². The molecule has 1 aromatic carbocycles. The minimum atomic E-state index is -10.4. The molecule has 0 radical (unpaired) electrons. The van der Waals surface area contributed by atoms with Crippen LogP contribution in [0.2, 0.25) is 0 Å². The molecular formula is C6H6CuF6. The SMILES string of the molecule is [F][Cu]([F])([F])([F])([F])[F].c1ccccc1. The predicted octanol–water partition coefficient (Wildman–Crippen LogP) is 4.21. The van der Waals surface area contributed by atoms with Crippen molar-refractivity contribution in [2.24, 2.45) is 0 Å². The van der Waals surface area contributed by atoms with E-state index in [1.54, 1.807) is 0 Å². The first-order valence-electron chi connectivity index (χ1n) is 2.68. The maximum absolute atomic E-state index is 10.4. The third-order valence-electron chi connectivity index (χ3n) is 0.667. The Bertz CT molecular complexity index is 209. The van der Waals surface area contributed by atoms with E-state index in [4.69, 9.17) is 0 Å². The maximum atomic E-state index is 9.84. The summed E-state index contributed by atoms with van der Waals surface area (Å²) in [4.78, 5) is 0. The van der Waals surface area contributed by atoms with Crippen molar-refractivity contribution >= 4 is 0 Å². The van der Waals surface area contributed by atoms with Crippen LogP contribution >= 0.6 is 0 Å². The van der Waals surface area contributed by atoms with Crippen LogP contribution in [0.15, 0.2) is 36.4 Å². The first-order chi connectivity index (χ1) is 5.45. The van der Waals surface area contributed by atoms with E-state index in [0.29, 0.717) is 0 Å². The molecule has 0 fully saturated rings. The minimum absolute atomic E-state index is 2.00. The smallest absolute Gasteiger partial charge is 0.0623 e. The summed E-state index contributed by atoms with van der Waals surface area (Å²) < 4.78 is 59.1. The van der Waals surface area contributed by atoms with Crippen LogP contribution in [-0.4, -0.2) is 0 Å². The van der Waals surface area contributed by atoms with Crippen molar-refractivity contribution in [2.75, 3.05) is 0 Å². The number of hydrogen-bond donors (Lipinski definition) is 0. The van der Waals surface area contributed by atoms with Crippen molar-refractivity contribution in [3.05, 3.63) is 36.4 Å². The first-order valence-corrected chi connectivity index (χ1v) is 4.82. The number of benzene rings is 1. The molecule has 7 heteroatoms. The molecule has 0 unspecified atom stereocenters. The van der Waals surface area contributed by atoms with Gasteiger partial charge in [-0.05, 0) is 0 Å². The average Bonchev–Trinajstić information content (AvgIpc) is 1.84. The molecule has 0 heterocycles. The van der Waals surface area contributed by atoms with E-state index < -0.39 is 13.5 Å². The van der Waals surface area contributed by atoms with Gasteiger partial charge in [0.25, 0.3) is 0 Å². The largest absolute Gasteiger partial charge is 0.0623 e. The second-order valence-corrected chi connectivity index (χ2v) is 3.82. The monoisotopic (exact) mass is 255 g/mol. The molecule has 0 aliphatic heterocycles. The molecule has 0 aliphatic rings. The van der Waals surface area contributed by atoms with E-state index in [0.717, 1.165) is 0 Å². The van der Waals surface area contributed by atoms with Crippen LogP contribution < -0.4 is 0 Å². The Morgan fingerprint density at radius 3 is 0.615 bits per heavy atom. The standard InChI is InChI=1S/C6H6.Cu.6FH/c1-2-4-6-5-3-1;;;;;;;/h1-6H;;6*1H/q;+6;;;;;;/p-6. The normalized spacial score (nSPS) is 16.2. The van der Waals surface area contributed by atoms with E-state index in [1.165, 1.54) is 0 Å². The van der Waals surface area contributed by atoms with Gasteiger partial charge >= 0.3 is 34.8 Å². The van der Waals surface area contributed by atoms with E-state index in [9.17, 15) is 21.3 Å². The van der Waals surface area contributed by atoms with E-state index >= 15 is 0 Å². The fraction of sp³-hybridized carbons (Fsp3) is 0. The molecule has 0 atom stereocenters. The molecule has 83 valence electrons. The summed E-state index contributed by atoms with van der Waals surface area (Å²) in [5.41, 5.74) is 0. The van der Waals surface area contributed by atoms with E-state index in [-0.39, 0.29) is 0 Å². The van der Waals surface area contributed by atoms with Crippen molar-refractivity contribution < 1.29 is 34.8 Å². The van der Waals surface area contributed by atoms with Gasteiger partial charge in [-0.1, -0.05) is 36.4 Å². The Morgan fingerprint density at radius 2 is 0.538 bits per heavy atom. The molecule has 0 aromatic heterocycles. The fourth-order valence-corrected chi connectivity index (χ4v) is 0.385. The van der Waals surface area contributed by atoms with Crippen molar-refractivity contribution in [1.82, 2.24) is 0 Å². The molecule has 0 N–H and O–H groups in total. The van der Waals surface area contributed by atoms with Crippen LogP contribution in [0.4, 0.5) is 21.3 Å². The van der Waals surface area contributed by atoms with Crippen LogP contribution in [0, 0.1) is 0 Å². The van der Waals surface area contributed by atoms with E-state index in [1.807, 2.05) is 36.4 Å². The molecule has 0 amide bonds. The summed E-state index contributed by atoms with van der Waals surface area (Å²) in [6.45, 7) is 0. The molecule has 0 spiro atoms. The van der Waals surface area contributed by atoms with Gasteiger partial charge < -0.3 is 0 Å². The van der Waals surface area contributed by atoms with Crippen LogP contribution in [0.3, 0.4) is 0 Å². The zero-order valence-electron chi connectivity index (χ0n) is 6.03. The zero-order chi connectivity index (χ0) is 10.7. The summed E-state index contributed by atoms with van der Waals surface area (Å²) in [5.74, 6) is 0. The maximum Gasteiger partial charge on any atom is -0.0623 e. The molecule has 0 bridgehead atoms. The molecule has 13 heavy (non-hydrogen) atoms. The summed E-state index contributed by atoms with van der Waals surface area (Å²) in [6, 6.07) is 12.0. The Balaban J connectivity index is 0.000000223. The van der Waals surface area contributed by atoms with Crippen LogP contribution in [0.1, 0.15) is 0 Å². The summed E-state index contributed by atoms with van der Waals surface area (Å²) in [6.07, 6.45) is 0. The zero-order valence-corrected chi connectivity index (χ0v) is 6.98. The van der Waals surface area contributed by atoms with Crippen LogP contribution in [-0.2, 0) is 13.5 Å². The fourth-order valence-electron chi connectivity index (χ4n) is 0.385. The molecule has 0 aliphatic carbocycles. The van der Waals surface area contributed by atoms with Gasteiger partial charge in [-0.25, -0.2) is 0 Å². The minimum Gasteiger partial charge on any atom is -0.0623 e. The Hall–Kier alpha value is -0.681. The summed E-state index contributed by atoms with van der Waals surface area (Å²) in [7, 11) is 0. The van der Waals surface area contributed by atoms with Gasteiger partial charge in [-0.15, -0.1) is 0 Å². The number of hydrogen-bond acceptors (Lipinski definition) is 0. The quantitative estimate of drug-likeness (QED) is 0.481. The van der Waals surface area contributed by atoms with Crippen molar-refractivity contribution in [1.29, 1.82) is 0 Å². The molecular weight excluding hydrogens is 250 g/mol. The second kappa shape index (κ2) is 2.92. The van der Waals surface area contributed by atoms with Crippen LogP contribution in [0.5, 0.6) is 0 Å². The molecule has 0 saturated carbocycles. The Labute approximate surface area is 71.9 Å². The third-order valence-corrected chi connectivity index (χ3v) is 0.667. The summed E-state index contributed by atoms with van der Waals surface area (Å²) >= 11 is -10.4. The third kappa shape index (κ3) is 34.7. The predicted molar refractivity (Wildman–Crippen MR) is 33.1 cm³/mol. The molecule has 0 saturated heterocycles. The van der Waals surface area contributed by atoms with Gasteiger partial charge in [0, 0.05) is 0 Å². The molecule has 1 aromatic rings. The Morgan fingerprint density at radius 1 is 0.462 bits per heavy atom. The van der Waals surface area contributed by atoms with Crippen molar-refractivity contribution in [2.45, 2.75) is 0 Å². The Kier molecular flexibility index (Phi) is 2.77. The van der Waals surface area contributed by atoms with Gasteiger partial charge in [0.2, 0.25) is 0 Å². The number of rotatable bonds is 0.